The minimum atomic E-state index is -0.676. The van der Waals surface area contributed by atoms with Crippen molar-refractivity contribution in [2.24, 2.45) is 5.92 Å². The predicted octanol–water partition coefficient (Wildman–Crippen LogP) is 2.39. The van der Waals surface area contributed by atoms with Gasteiger partial charge in [0.1, 0.15) is 5.69 Å². The highest BCUT2D eigenvalue weighted by Crippen LogP contribution is 2.27. The fraction of sp³-hybridized carbons (Fsp3) is 0.455. The minimum Gasteiger partial charge on any atom is -0.394 e. The standard InChI is InChI=1S/C11H14F2N2/c1-7-2-3-15(6-7)8-4-9(12)11(14)10(13)5-8/h4-5,7H,2-3,6,14H2,1H3/t7-/m0/s1. The number of nitrogens with two attached hydrogens (primary N) is 1. The number of hydrogen-bond donors (Lipinski definition) is 1. The lowest BCUT2D eigenvalue weighted by atomic mass is 10.2. The van der Waals surface area contributed by atoms with Crippen LogP contribution in [-0.4, -0.2) is 13.1 Å². The molecule has 0 aliphatic carbocycles. The van der Waals surface area contributed by atoms with Gasteiger partial charge >= 0.3 is 0 Å². The second-order valence-electron chi connectivity index (χ2n) is 4.16. The van der Waals surface area contributed by atoms with Crippen LogP contribution in [0.2, 0.25) is 0 Å². The fourth-order valence-corrected chi connectivity index (χ4v) is 1.92. The second-order valence-corrected chi connectivity index (χ2v) is 4.16. The van der Waals surface area contributed by atoms with Gasteiger partial charge in [0.15, 0.2) is 11.6 Å². The van der Waals surface area contributed by atoms with E-state index < -0.39 is 17.3 Å². The van der Waals surface area contributed by atoms with Crippen LogP contribution in [0, 0.1) is 17.6 Å². The van der Waals surface area contributed by atoms with Gasteiger partial charge in [-0.2, -0.15) is 0 Å². The molecule has 2 N–H and O–H groups in total. The lowest BCUT2D eigenvalue weighted by Gasteiger charge is -2.18. The molecular weight excluding hydrogens is 198 g/mol. The number of benzene rings is 1. The zero-order valence-electron chi connectivity index (χ0n) is 8.63. The quantitative estimate of drug-likeness (QED) is 0.724. The van der Waals surface area contributed by atoms with Crippen LogP contribution in [0.25, 0.3) is 0 Å². The van der Waals surface area contributed by atoms with E-state index in [0.717, 1.165) is 19.5 Å². The maximum atomic E-state index is 13.2. The number of nitrogen functional groups attached to an aromatic ring is 1. The monoisotopic (exact) mass is 212 g/mol. The molecule has 1 aromatic carbocycles. The molecular formula is C11H14F2N2. The molecule has 15 heavy (non-hydrogen) atoms. The molecule has 0 unspecified atom stereocenters. The molecule has 0 amide bonds. The van der Waals surface area contributed by atoms with Gasteiger partial charge in [0.05, 0.1) is 0 Å². The van der Waals surface area contributed by atoms with Crippen molar-refractivity contribution in [3.8, 4) is 0 Å². The molecule has 1 saturated heterocycles. The van der Waals surface area contributed by atoms with Crippen LogP contribution in [0.15, 0.2) is 12.1 Å². The lowest BCUT2D eigenvalue weighted by molar-refractivity contribution is 0.590. The summed E-state index contributed by atoms with van der Waals surface area (Å²) < 4.78 is 26.4. The van der Waals surface area contributed by atoms with Crippen LogP contribution in [0.4, 0.5) is 20.2 Å². The average molecular weight is 212 g/mol. The van der Waals surface area contributed by atoms with Crippen LogP contribution < -0.4 is 10.6 Å². The third kappa shape index (κ3) is 1.89. The number of hydrogen-bond acceptors (Lipinski definition) is 2. The third-order valence-corrected chi connectivity index (χ3v) is 2.85. The molecule has 1 aliphatic heterocycles. The Kier molecular flexibility index (Phi) is 2.50. The maximum absolute atomic E-state index is 13.2. The topological polar surface area (TPSA) is 29.3 Å². The van der Waals surface area contributed by atoms with Crippen molar-refractivity contribution in [2.45, 2.75) is 13.3 Å². The SMILES string of the molecule is C[C@H]1CCN(c2cc(F)c(N)c(F)c2)C1. The number of halogens is 2. The summed E-state index contributed by atoms with van der Waals surface area (Å²) in [4.78, 5) is 1.98. The van der Waals surface area contributed by atoms with E-state index in [1.165, 1.54) is 12.1 Å². The van der Waals surface area contributed by atoms with Gasteiger partial charge in [-0.1, -0.05) is 6.92 Å². The van der Waals surface area contributed by atoms with Gasteiger partial charge in [0, 0.05) is 18.8 Å². The molecule has 2 rings (SSSR count). The molecule has 0 spiro atoms. The Morgan fingerprint density at radius 2 is 1.93 bits per heavy atom. The molecule has 0 aromatic heterocycles. The Balaban J connectivity index is 2.29. The first-order valence-electron chi connectivity index (χ1n) is 5.07. The first-order chi connectivity index (χ1) is 7.08. The largest absolute Gasteiger partial charge is 0.394 e. The molecule has 1 aliphatic rings. The number of rotatable bonds is 1. The van der Waals surface area contributed by atoms with E-state index >= 15 is 0 Å². The highest BCUT2D eigenvalue weighted by Gasteiger charge is 2.20. The molecule has 1 aromatic rings. The van der Waals surface area contributed by atoms with Crippen LogP contribution >= 0.6 is 0 Å². The first-order valence-corrected chi connectivity index (χ1v) is 5.07. The molecule has 0 saturated carbocycles. The summed E-state index contributed by atoms with van der Waals surface area (Å²) in [5, 5.41) is 0. The first kappa shape index (κ1) is 10.2. The Labute approximate surface area is 87.7 Å². The van der Waals surface area contributed by atoms with Gasteiger partial charge in [0.25, 0.3) is 0 Å². The van der Waals surface area contributed by atoms with Crippen molar-refractivity contribution in [2.75, 3.05) is 23.7 Å². The van der Waals surface area contributed by atoms with Crippen molar-refractivity contribution in [1.29, 1.82) is 0 Å². The molecule has 0 radical (unpaired) electrons. The van der Waals surface area contributed by atoms with Crippen molar-refractivity contribution in [1.82, 2.24) is 0 Å². The summed E-state index contributed by atoms with van der Waals surface area (Å²) in [6.07, 6.45) is 1.06. The van der Waals surface area contributed by atoms with Gasteiger partial charge in [-0.25, -0.2) is 8.78 Å². The van der Waals surface area contributed by atoms with Crippen molar-refractivity contribution in [3.05, 3.63) is 23.8 Å². The lowest BCUT2D eigenvalue weighted by Crippen LogP contribution is -2.19. The Morgan fingerprint density at radius 1 is 1.33 bits per heavy atom. The van der Waals surface area contributed by atoms with Gasteiger partial charge in [-0.3, -0.25) is 0 Å². The van der Waals surface area contributed by atoms with Crippen molar-refractivity contribution in [3.63, 3.8) is 0 Å². The smallest absolute Gasteiger partial charge is 0.151 e. The Morgan fingerprint density at radius 3 is 2.40 bits per heavy atom. The summed E-state index contributed by atoms with van der Waals surface area (Å²) in [6.45, 7) is 3.83. The third-order valence-electron chi connectivity index (χ3n) is 2.85. The zero-order valence-corrected chi connectivity index (χ0v) is 8.63. The summed E-state index contributed by atoms with van der Waals surface area (Å²) in [7, 11) is 0. The van der Waals surface area contributed by atoms with Crippen molar-refractivity contribution < 1.29 is 8.78 Å². The highest BCUT2D eigenvalue weighted by molar-refractivity contribution is 5.55. The van der Waals surface area contributed by atoms with Gasteiger partial charge in [0.2, 0.25) is 0 Å². The van der Waals surface area contributed by atoms with E-state index in [1.54, 1.807) is 0 Å². The normalized spacial score (nSPS) is 21.0. The molecule has 2 nitrogen and oxygen atoms in total. The van der Waals surface area contributed by atoms with E-state index in [0.29, 0.717) is 11.6 Å². The van der Waals surface area contributed by atoms with Crippen LogP contribution in [0.5, 0.6) is 0 Å². The molecule has 82 valence electrons. The van der Waals surface area contributed by atoms with Gasteiger partial charge in [-0.15, -0.1) is 0 Å². The fourth-order valence-electron chi connectivity index (χ4n) is 1.92. The number of anilines is 2. The van der Waals surface area contributed by atoms with E-state index in [2.05, 4.69) is 6.92 Å². The van der Waals surface area contributed by atoms with Crippen LogP contribution in [0.3, 0.4) is 0 Å². The van der Waals surface area contributed by atoms with E-state index in [4.69, 9.17) is 5.73 Å². The minimum absolute atomic E-state index is 0.397. The van der Waals surface area contributed by atoms with Gasteiger partial charge in [-0.05, 0) is 24.5 Å². The summed E-state index contributed by atoms with van der Waals surface area (Å²) in [5.74, 6) is -0.775. The summed E-state index contributed by atoms with van der Waals surface area (Å²) >= 11 is 0. The average Bonchev–Trinajstić information content (AvgIpc) is 2.60. The molecule has 1 fully saturated rings. The Bertz CT molecular complexity index is 356. The van der Waals surface area contributed by atoms with E-state index in [1.807, 2.05) is 4.90 Å². The maximum Gasteiger partial charge on any atom is 0.151 e. The zero-order chi connectivity index (χ0) is 11.0. The number of nitrogens with zero attached hydrogens (tertiary/aromatic N) is 1. The van der Waals surface area contributed by atoms with Crippen molar-refractivity contribution >= 4 is 11.4 Å². The summed E-state index contributed by atoms with van der Waals surface area (Å²) in [6, 6.07) is 2.60. The van der Waals surface area contributed by atoms with Gasteiger partial charge < -0.3 is 10.6 Å². The van der Waals surface area contributed by atoms with E-state index in [9.17, 15) is 8.78 Å². The predicted molar refractivity (Wildman–Crippen MR) is 56.8 cm³/mol. The van der Waals surface area contributed by atoms with E-state index in [-0.39, 0.29) is 0 Å². The molecule has 1 heterocycles. The van der Waals surface area contributed by atoms with Crippen LogP contribution in [-0.2, 0) is 0 Å². The Hall–Kier alpha value is -1.32. The highest BCUT2D eigenvalue weighted by atomic mass is 19.1. The summed E-state index contributed by atoms with van der Waals surface area (Å²) in [5.41, 5.74) is 5.40. The molecule has 0 bridgehead atoms. The molecule has 4 heteroatoms. The van der Waals surface area contributed by atoms with Crippen LogP contribution in [0.1, 0.15) is 13.3 Å². The molecule has 1 atom stereocenters. The second kappa shape index (κ2) is 3.68.